The average molecular weight is 331 g/mol. The lowest BCUT2D eigenvalue weighted by Gasteiger charge is -2.45. The van der Waals surface area contributed by atoms with Crippen molar-refractivity contribution >= 4 is 17.1 Å². The van der Waals surface area contributed by atoms with Gasteiger partial charge in [-0.05, 0) is 35.4 Å². The Kier molecular flexibility index (Phi) is 4.51. The summed E-state index contributed by atoms with van der Waals surface area (Å²) >= 11 is 0. The molecule has 2 aromatic rings. The van der Waals surface area contributed by atoms with Gasteiger partial charge in [-0.15, -0.1) is 0 Å². The second kappa shape index (κ2) is 5.99. The van der Waals surface area contributed by atoms with Gasteiger partial charge in [-0.25, -0.2) is 0 Å². The molecule has 1 N–H and O–H groups in total. The quantitative estimate of drug-likeness (QED) is 0.798. The molecule has 1 aliphatic carbocycles. The van der Waals surface area contributed by atoms with E-state index in [2.05, 4.69) is 40.7 Å². The fourth-order valence-corrected chi connectivity index (χ4v) is 4.26. The lowest BCUT2D eigenvalue weighted by molar-refractivity contribution is -0.191. The van der Waals surface area contributed by atoms with E-state index in [0.717, 1.165) is 28.8 Å². The monoisotopic (exact) mass is 331 g/mol. The van der Waals surface area contributed by atoms with Crippen LogP contribution in [0, 0.1) is 5.41 Å². The van der Waals surface area contributed by atoms with E-state index < -0.39 is 0 Å². The molecule has 1 aromatic carbocycles. The zero-order valence-corrected chi connectivity index (χ0v) is 15.1. The average Bonchev–Trinajstić information content (AvgIpc) is 2.78. The van der Waals surface area contributed by atoms with Gasteiger partial charge in [-0.1, -0.05) is 34.6 Å². The molecule has 130 valence electrons. The molecule has 1 aliphatic rings. The molecular weight excluding hydrogens is 306 g/mol. The Hall–Kier alpha value is -2.26. The summed E-state index contributed by atoms with van der Waals surface area (Å²) < 4.78 is 6.69. The molecule has 0 saturated carbocycles. The van der Waals surface area contributed by atoms with Crippen molar-refractivity contribution in [3.05, 3.63) is 29.5 Å². The Morgan fingerprint density at radius 2 is 1.83 bits per heavy atom. The molecule has 0 bridgehead atoms. The summed E-state index contributed by atoms with van der Waals surface area (Å²) in [7, 11) is 1.65. The van der Waals surface area contributed by atoms with Gasteiger partial charge in [0.05, 0.1) is 18.3 Å². The Morgan fingerprint density at radius 1 is 1.25 bits per heavy atom. The van der Waals surface area contributed by atoms with E-state index in [4.69, 9.17) is 14.3 Å². The molecule has 1 unspecified atom stereocenters. The first-order valence-electron chi connectivity index (χ1n) is 8.02. The largest absolute Gasteiger partial charge is 0.497 e. The number of aromatic nitrogens is 1. The number of fused-ring (bicyclic) bond motifs is 3. The summed E-state index contributed by atoms with van der Waals surface area (Å²) in [6, 6.07) is 5.97. The van der Waals surface area contributed by atoms with Gasteiger partial charge in [0, 0.05) is 16.9 Å². The van der Waals surface area contributed by atoms with E-state index in [1.54, 1.807) is 7.11 Å². The fraction of sp³-hybridized carbons (Fsp3) is 0.526. The van der Waals surface area contributed by atoms with Crippen molar-refractivity contribution in [3.8, 4) is 5.75 Å². The van der Waals surface area contributed by atoms with E-state index in [9.17, 15) is 5.21 Å². The summed E-state index contributed by atoms with van der Waals surface area (Å²) in [5, 5.41) is 11.9. The molecule has 0 aliphatic heterocycles. The first-order chi connectivity index (χ1) is 11.1. The highest BCUT2D eigenvalue weighted by Gasteiger charge is 2.45. The number of carbonyl (C=O) groups excluding carboxylic acids is 2. The standard InChI is InChI=1S/C18H25NO2.CO2/c1-11-15-13-8-7-12(21-6)9-14(13)19(20)16(15)18(4,5)10-17(11,2)3;2-1-3/h7-9,11,20H,10H2,1-6H3;. The third-order valence-electron chi connectivity index (χ3n) is 5.33. The number of hydrogen-bond donors (Lipinski definition) is 1. The van der Waals surface area contributed by atoms with Crippen molar-refractivity contribution < 1.29 is 19.5 Å². The summed E-state index contributed by atoms with van der Waals surface area (Å²) in [5.41, 5.74) is 3.35. The van der Waals surface area contributed by atoms with E-state index in [0.29, 0.717) is 5.92 Å². The number of methoxy groups -OCH3 is 1. The predicted octanol–water partition coefficient (Wildman–Crippen LogP) is 4.11. The Labute approximate surface area is 142 Å². The van der Waals surface area contributed by atoms with Crippen LogP contribution < -0.4 is 4.74 Å². The van der Waals surface area contributed by atoms with Crippen LogP contribution in [0.3, 0.4) is 0 Å². The van der Waals surface area contributed by atoms with Crippen LogP contribution in [-0.4, -0.2) is 23.2 Å². The summed E-state index contributed by atoms with van der Waals surface area (Å²) in [6.45, 7) is 11.4. The van der Waals surface area contributed by atoms with Crippen molar-refractivity contribution in [2.24, 2.45) is 5.41 Å². The zero-order valence-electron chi connectivity index (χ0n) is 15.1. The van der Waals surface area contributed by atoms with Crippen LogP contribution in [0.15, 0.2) is 18.2 Å². The van der Waals surface area contributed by atoms with Gasteiger partial charge < -0.3 is 9.94 Å². The second-order valence-electron chi connectivity index (χ2n) is 7.81. The minimum atomic E-state index is -0.0493. The molecule has 5 nitrogen and oxygen atoms in total. The van der Waals surface area contributed by atoms with E-state index in [1.807, 2.05) is 12.1 Å². The molecule has 0 spiro atoms. The number of ether oxygens (including phenoxy) is 1. The zero-order chi connectivity index (χ0) is 18.3. The van der Waals surface area contributed by atoms with Crippen molar-refractivity contribution in [2.45, 2.75) is 52.4 Å². The van der Waals surface area contributed by atoms with Gasteiger partial charge in [-0.3, -0.25) is 0 Å². The Balaban J connectivity index is 0.000000647. The maximum Gasteiger partial charge on any atom is 0.373 e. The number of benzene rings is 1. The Morgan fingerprint density at radius 3 is 2.38 bits per heavy atom. The molecule has 0 saturated heterocycles. The van der Waals surface area contributed by atoms with Gasteiger partial charge in [0.15, 0.2) is 0 Å². The van der Waals surface area contributed by atoms with E-state index >= 15 is 0 Å². The fourth-order valence-electron chi connectivity index (χ4n) is 4.26. The molecule has 0 fully saturated rings. The summed E-state index contributed by atoms with van der Waals surface area (Å²) in [4.78, 5) is 16.2. The van der Waals surface area contributed by atoms with Crippen LogP contribution in [0.2, 0.25) is 0 Å². The highest BCUT2D eigenvalue weighted by molar-refractivity contribution is 5.88. The van der Waals surface area contributed by atoms with Gasteiger partial charge in [0.1, 0.15) is 5.75 Å². The molecule has 0 amide bonds. The molecule has 24 heavy (non-hydrogen) atoms. The maximum atomic E-state index is 10.7. The molecule has 1 aromatic heterocycles. The lowest BCUT2D eigenvalue weighted by Crippen LogP contribution is -2.38. The minimum Gasteiger partial charge on any atom is -0.497 e. The highest BCUT2D eigenvalue weighted by Crippen LogP contribution is 2.55. The normalized spacial score (nSPS) is 20.5. The third-order valence-corrected chi connectivity index (χ3v) is 5.33. The van der Waals surface area contributed by atoms with Crippen LogP contribution in [0.1, 0.15) is 58.2 Å². The predicted molar refractivity (Wildman–Crippen MR) is 90.5 cm³/mol. The first kappa shape index (κ1) is 18.1. The summed E-state index contributed by atoms with van der Waals surface area (Å²) in [5.74, 6) is 1.18. The van der Waals surface area contributed by atoms with Crippen molar-refractivity contribution in [1.82, 2.24) is 4.73 Å². The van der Waals surface area contributed by atoms with Crippen LogP contribution in [0.4, 0.5) is 0 Å². The van der Waals surface area contributed by atoms with Crippen LogP contribution >= 0.6 is 0 Å². The highest BCUT2D eigenvalue weighted by atomic mass is 16.5. The number of rotatable bonds is 1. The van der Waals surface area contributed by atoms with Crippen LogP contribution in [0.25, 0.3) is 10.9 Å². The van der Waals surface area contributed by atoms with E-state index in [1.165, 1.54) is 10.3 Å². The molecule has 5 heteroatoms. The lowest BCUT2D eigenvalue weighted by atomic mass is 9.60. The topological polar surface area (TPSA) is 68.5 Å². The number of nitrogens with zero attached hydrogens (tertiary/aromatic N) is 1. The maximum absolute atomic E-state index is 10.7. The van der Waals surface area contributed by atoms with Gasteiger partial charge in [0.2, 0.25) is 0 Å². The SMILES string of the molecule is COc1ccc2c3c(n(O)c2c1)C(C)(C)CC(C)(C)C3C.O=C=O. The first-order valence-corrected chi connectivity index (χ1v) is 8.02. The Bertz CT molecular complexity index is 795. The molecule has 1 heterocycles. The van der Waals surface area contributed by atoms with Crippen LogP contribution in [-0.2, 0) is 15.0 Å². The minimum absolute atomic E-state index is 0.0493. The van der Waals surface area contributed by atoms with E-state index in [-0.39, 0.29) is 17.0 Å². The van der Waals surface area contributed by atoms with Crippen molar-refractivity contribution in [3.63, 3.8) is 0 Å². The second-order valence-corrected chi connectivity index (χ2v) is 7.81. The molecular formula is C19H25NO4. The molecule has 1 atom stereocenters. The van der Waals surface area contributed by atoms with Gasteiger partial charge in [0.25, 0.3) is 0 Å². The molecule has 0 radical (unpaired) electrons. The van der Waals surface area contributed by atoms with Crippen molar-refractivity contribution in [2.75, 3.05) is 7.11 Å². The van der Waals surface area contributed by atoms with Crippen molar-refractivity contribution in [1.29, 1.82) is 0 Å². The molecule has 3 rings (SSSR count). The third kappa shape index (κ3) is 2.69. The smallest absolute Gasteiger partial charge is 0.373 e. The number of hydrogen-bond acceptors (Lipinski definition) is 4. The van der Waals surface area contributed by atoms with Gasteiger partial charge in [-0.2, -0.15) is 14.3 Å². The van der Waals surface area contributed by atoms with Crippen LogP contribution in [0.5, 0.6) is 5.75 Å². The summed E-state index contributed by atoms with van der Waals surface area (Å²) in [6.07, 6.45) is 1.31. The van der Waals surface area contributed by atoms with Gasteiger partial charge >= 0.3 is 6.15 Å².